The van der Waals surface area contributed by atoms with Crippen LogP contribution in [0.5, 0.6) is 0 Å². The summed E-state index contributed by atoms with van der Waals surface area (Å²) in [4.78, 5) is 24.9. The second kappa shape index (κ2) is 9.53. The number of amides is 1. The third-order valence-corrected chi connectivity index (χ3v) is 7.09. The lowest BCUT2D eigenvalue weighted by Gasteiger charge is -2.14. The zero-order chi connectivity index (χ0) is 22.8. The van der Waals surface area contributed by atoms with E-state index in [1.54, 1.807) is 29.2 Å². The van der Waals surface area contributed by atoms with Crippen LogP contribution in [0, 0.1) is 0 Å². The molecule has 1 amide bonds. The van der Waals surface area contributed by atoms with Crippen LogP contribution in [0.2, 0.25) is 10.0 Å². The minimum Gasteiger partial charge on any atom is -0.268 e. The summed E-state index contributed by atoms with van der Waals surface area (Å²) in [5.74, 6) is -0.171. The number of para-hydroxylation sites is 1. The van der Waals surface area contributed by atoms with Crippen molar-refractivity contribution in [3.63, 3.8) is 0 Å². The van der Waals surface area contributed by atoms with Gasteiger partial charge in [-0.3, -0.25) is 9.69 Å². The van der Waals surface area contributed by atoms with Gasteiger partial charge in [0.1, 0.15) is 0 Å². The second-order valence-electron chi connectivity index (χ2n) is 7.03. The Hall–Kier alpha value is -2.90. The number of anilines is 1. The van der Waals surface area contributed by atoms with Crippen molar-refractivity contribution in [1.82, 2.24) is 4.98 Å². The van der Waals surface area contributed by atoms with Gasteiger partial charge in [0.05, 0.1) is 16.3 Å². The highest BCUT2D eigenvalue weighted by Crippen LogP contribution is 2.39. The van der Waals surface area contributed by atoms with E-state index in [0.29, 0.717) is 30.8 Å². The van der Waals surface area contributed by atoms with Crippen LogP contribution < -0.4 is 4.90 Å². The van der Waals surface area contributed by atoms with Crippen LogP contribution in [-0.4, -0.2) is 16.1 Å². The van der Waals surface area contributed by atoms with E-state index < -0.39 is 0 Å². The van der Waals surface area contributed by atoms with Crippen molar-refractivity contribution < 1.29 is 4.79 Å². The lowest BCUT2D eigenvalue weighted by atomic mass is 10.2. The first kappa shape index (κ1) is 21.9. The lowest BCUT2D eigenvalue weighted by molar-refractivity contribution is -0.113. The second-order valence-corrected chi connectivity index (χ2v) is 9.72. The Kier molecular flexibility index (Phi) is 6.33. The van der Waals surface area contributed by atoms with E-state index in [4.69, 9.17) is 28.2 Å². The maximum absolute atomic E-state index is 13.4. The normalized spacial score (nSPS) is 16.2. The van der Waals surface area contributed by atoms with Crippen molar-refractivity contribution in [2.24, 2.45) is 4.99 Å². The van der Waals surface area contributed by atoms with Crippen LogP contribution in [0.1, 0.15) is 5.56 Å². The maximum atomic E-state index is 13.4. The molecule has 5 rings (SSSR count). The predicted octanol–water partition coefficient (Wildman–Crippen LogP) is 7.93. The van der Waals surface area contributed by atoms with Crippen LogP contribution in [-0.2, 0) is 4.79 Å². The molecule has 8 heteroatoms. The molecule has 33 heavy (non-hydrogen) atoms. The number of aromatic nitrogens is 1. The van der Waals surface area contributed by atoms with Crippen molar-refractivity contribution in [1.29, 1.82) is 0 Å². The highest BCUT2D eigenvalue weighted by atomic mass is 35.5. The molecule has 1 aliphatic rings. The molecule has 0 unspecified atom stereocenters. The van der Waals surface area contributed by atoms with Gasteiger partial charge in [-0.25, -0.2) is 4.98 Å². The Morgan fingerprint density at radius 2 is 1.67 bits per heavy atom. The number of rotatable bonds is 4. The summed E-state index contributed by atoms with van der Waals surface area (Å²) in [6, 6.07) is 24.6. The summed E-state index contributed by atoms with van der Waals surface area (Å²) in [7, 11) is 0. The molecule has 0 aliphatic carbocycles. The van der Waals surface area contributed by atoms with Gasteiger partial charge in [-0.2, -0.15) is 4.99 Å². The standard InChI is InChI=1S/C25H15Cl2N3OS2/c26-18-12-11-17(20(27)14-18)13-22-23(31)30(19-9-5-2-6-10-19)25(33-22)29-24-28-21(15-32-24)16-7-3-1-4-8-16/h1-15H/b22-13-,29-25+. The number of nitrogens with zero attached hydrogens (tertiary/aromatic N) is 3. The molecule has 162 valence electrons. The van der Waals surface area contributed by atoms with Crippen LogP contribution in [0.3, 0.4) is 0 Å². The van der Waals surface area contributed by atoms with Gasteiger partial charge in [0.2, 0.25) is 5.13 Å². The Morgan fingerprint density at radius 3 is 2.39 bits per heavy atom. The first-order valence-electron chi connectivity index (χ1n) is 9.92. The largest absolute Gasteiger partial charge is 0.271 e. The van der Waals surface area contributed by atoms with Crippen LogP contribution >= 0.6 is 46.3 Å². The first-order chi connectivity index (χ1) is 16.1. The fourth-order valence-corrected chi connectivity index (χ4v) is 5.44. The predicted molar refractivity (Wildman–Crippen MR) is 141 cm³/mol. The Balaban J connectivity index is 1.54. The van der Waals surface area contributed by atoms with Crippen molar-refractivity contribution in [2.45, 2.75) is 0 Å². The summed E-state index contributed by atoms with van der Waals surface area (Å²) in [6.07, 6.45) is 1.77. The van der Waals surface area contributed by atoms with Crippen LogP contribution in [0.25, 0.3) is 17.3 Å². The third kappa shape index (κ3) is 4.75. The van der Waals surface area contributed by atoms with Crippen molar-refractivity contribution in [2.75, 3.05) is 4.90 Å². The molecule has 0 spiro atoms. The van der Waals surface area contributed by atoms with Crippen LogP contribution in [0.15, 0.2) is 94.1 Å². The lowest BCUT2D eigenvalue weighted by Crippen LogP contribution is -2.28. The summed E-state index contributed by atoms with van der Waals surface area (Å²) >= 11 is 15.1. The summed E-state index contributed by atoms with van der Waals surface area (Å²) < 4.78 is 0. The number of benzene rings is 3. The highest BCUT2D eigenvalue weighted by Gasteiger charge is 2.35. The topological polar surface area (TPSA) is 45.6 Å². The zero-order valence-corrected chi connectivity index (χ0v) is 20.1. The van der Waals surface area contributed by atoms with Gasteiger partial charge < -0.3 is 0 Å². The molecule has 1 saturated heterocycles. The molecule has 1 aliphatic heterocycles. The number of hydrogen-bond acceptors (Lipinski definition) is 5. The fraction of sp³-hybridized carbons (Fsp3) is 0. The van der Waals surface area contributed by atoms with E-state index in [1.807, 2.05) is 66.0 Å². The molecular formula is C25H15Cl2N3OS2. The quantitative estimate of drug-likeness (QED) is 0.263. The van der Waals surface area contributed by atoms with E-state index in [2.05, 4.69) is 4.98 Å². The molecule has 0 bridgehead atoms. The van der Waals surface area contributed by atoms with Gasteiger partial charge in [-0.15, -0.1) is 11.3 Å². The van der Waals surface area contributed by atoms with E-state index >= 15 is 0 Å². The molecule has 0 N–H and O–H groups in total. The molecular weight excluding hydrogens is 493 g/mol. The highest BCUT2D eigenvalue weighted by molar-refractivity contribution is 8.19. The van der Waals surface area contributed by atoms with Gasteiger partial charge in [0.25, 0.3) is 5.91 Å². The molecule has 4 aromatic rings. The number of hydrogen-bond donors (Lipinski definition) is 0. The number of carbonyl (C=O) groups excluding carboxylic acids is 1. The molecule has 1 fully saturated rings. The maximum Gasteiger partial charge on any atom is 0.271 e. The summed E-state index contributed by atoms with van der Waals surface area (Å²) in [5.41, 5.74) is 3.32. The summed E-state index contributed by atoms with van der Waals surface area (Å²) in [6.45, 7) is 0. The fourth-order valence-electron chi connectivity index (χ4n) is 3.25. The van der Waals surface area contributed by atoms with Gasteiger partial charge in [0.15, 0.2) is 5.17 Å². The Bertz CT molecular complexity index is 1390. The number of thioether (sulfide) groups is 1. The molecule has 2 heterocycles. The SMILES string of the molecule is O=C1/C(=C/c2ccc(Cl)cc2Cl)S/C(=N/c2nc(-c3ccccc3)cs2)N1c1ccccc1. The molecule has 4 nitrogen and oxygen atoms in total. The minimum atomic E-state index is -0.171. The minimum absolute atomic E-state index is 0.171. The monoisotopic (exact) mass is 507 g/mol. The summed E-state index contributed by atoms with van der Waals surface area (Å²) in [5, 5.41) is 4.10. The molecule has 0 radical (unpaired) electrons. The smallest absolute Gasteiger partial charge is 0.268 e. The van der Waals surface area contributed by atoms with Crippen molar-refractivity contribution >= 4 is 74.3 Å². The van der Waals surface area contributed by atoms with E-state index in [1.165, 1.54) is 23.1 Å². The number of halogens is 2. The van der Waals surface area contributed by atoms with Gasteiger partial charge in [-0.1, -0.05) is 77.8 Å². The first-order valence-corrected chi connectivity index (χ1v) is 12.4. The van der Waals surface area contributed by atoms with E-state index in [9.17, 15) is 4.79 Å². The zero-order valence-electron chi connectivity index (χ0n) is 17.0. The number of carbonyl (C=O) groups is 1. The number of amidine groups is 1. The Morgan fingerprint density at radius 1 is 0.939 bits per heavy atom. The van der Waals surface area contributed by atoms with Crippen LogP contribution in [0.4, 0.5) is 10.8 Å². The molecule has 0 atom stereocenters. The van der Waals surface area contributed by atoms with Crippen molar-refractivity contribution in [3.8, 4) is 11.3 Å². The molecule has 0 saturated carbocycles. The molecule has 1 aromatic heterocycles. The molecule has 3 aromatic carbocycles. The van der Waals surface area contributed by atoms with E-state index in [-0.39, 0.29) is 5.91 Å². The van der Waals surface area contributed by atoms with Gasteiger partial charge >= 0.3 is 0 Å². The average Bonchev–Trinajstić information content (AvgIpc) is 3.41. The Labute approximate surface area is 209 Å². The van der Waals surface area contributed by atoms with E-state index in [0.717, 1.165) is 16.9 Å². The van der Waals surface area contributed by atoms with Crippen molar-refractivity contribution in [3.05, 3.63) is 105 Å². The van der Waals surface area contributed by atoms with Gasteiger partial charge in [0, 0.05) is 21.0 Å². The average molecular weight is 508 g/mol. The number of thiazole rings is 1. The third-order valence-electron chi connectivity index (χ3n) is 4.82. The van der Waals surface area contributed by atoms with Gasteiger partial charge in [-0.05, 0) is 47.7 Å². The number of aliphatic imine (C=N–C) groups is 1.